The van der Waals surface area contributed by atoms with Crippen molar-refractivity contribution in [3.8, 4) is 22.9 Å². The molecule has 0 radical (unpaired) electrons. The summed E-state index contributed by atoms with van der Waals surface area (Å²) in [5.41, 5.74) is 1.67. The minimum absolute atomic E-state index is 0.0695. The first-order valence-corrected chi connectivity index (χ1v) is 13.9. The summed E-state index contributed by atoms with van der Waals surface area (Å²) in [5.74, 6) is 0.362. The zero-order valence-corrected chi connectivity index (χ0v) is 22.6. The SMILES string of the molecule is Cc1ccc(-c2nnc(-c3ccc(C(=O)N4CCN(S(=O)(=O)c5ccc(Cl)c(C(F)(F)F)c5)CC4)cc3)o2)cc1. The summed E-state index contributed by atoms with van der Waals surface area (Å²) < 4.78 is 72.5. The molecule has 3 aromatic carbocycles. The monoisotopic (exact) mass is 590 g/mol. The Morgan fingerprint density at radius 3 is 1.98 bits per heavy atom. The molecule has 1 fully saturated rings. The topological polar surface area (TPSA) is 96.6 Å². The average molecular weight is 591 g/mol. The predicted molar refractivity (Wildman–Crippen MR) is 141 cm³/mol. The molecular formula is C27H22ClF3N4O4S. The molecule has 2 heterocycles. The lowest BCUT2D eigenvalue weighted by molar-refractivity contribution is -0.137. The number of aromatic nitrogens is 2. The van der Waals surface area contributed by atoms with Gasteiger partial charge >= 0.3 is 6.18 Å². The standard InChI is InChI=1S/C27H22ClF3N4O4S/c1-17-2-4-18(5-3-17)24-32-33-25(39-24)19-6-8-20(9-7-19)26(36)34-12-14-35(15-13-34)40(37,38)21-10-11-23(28)22(16-21)27(29,30)31/h2-11,16H,12-15H2,1H3. The first kappa shape index (κ1) is 27.8. The minimum atomic E-state index is -4.80. The fourth-order valence-corrected chi connectivity index (χ4v) is 5.93. The Morgan fingerprint density at radius 2 is 1.43 bits per heavy atom. The van der Waals surface area contributed by atoms with E-state index in [-0.39, 0.29) is 32.1 Å². The summed E-state index contributed by atoms with van der Waals surface area (Å²) in [6.07, 6.45) is -4.80. The molecule has 0 N–H and O–H groups in total. The highest BCUT2D eigenvalue weighted by Gasteiger charge is 2.36. The van der Waals surface area contributed by atoms with E-state index in [2.05, 4.69) is 10.2 Å². The Hall–Kier alpha value is -3.74. The molecule has 0 bridgehead atoms. The largest absolute Gasteiger partial charge is 0.417 e. The Labute approximate surface area is 233 Å². The van der Waals surface area contributed by atoms with Crippen LogP contribution in [0.1, 0.15) is 21.5 Å². The van der Waals surface area contributed by atoms with Gasteiger partial charge in [0.15, 0.2) is 0 Å². The van der Waals surface area contributed by atoms with Crippen LogP contribution in [0.4, 0.5) is 13.2 Å². The van der Waals surface area contributed by atoms with Gasteiger partial charge in [0.1, 0.15) is 0 Å². The number of hydrogen-bond acceptors (Lipinski definition) is 6. The van der Waals surface area contributed by atoms with E-state index < -0.39 is 31.7 Å². The molecule has 0 spiro atoms. The number of sulfonamides is 1. The van der Waals surface area contributed by atoms with E-state index in [4.69, 9.17) is 16.0 Å². The molecule has 8 nitrogen and oxygen atoms in total. The predicted octanol–water partition coefficient (Wildman–Crippen LogP) is 5.53. The van der Waals surface area contributed by atoms with Crippen molar-refractivity contribution in [2.24, 2.45) is 0 Å². The van der Waals surface area contributed by atoms with Crippen molar-refractivity contribution in [1.29, 1.82) is 0 Å². The van der Waals surface area contributed by atoms with Crippen LogP contribution in [0, 0.1) is 6.92 Å². The number of piperazine rings is 1. The molecule has 13 heteroatoms. The second-order valence-electron chi connectivity index (χ2n) is 9.19. The summed E-state index contributed by atoms with van der Waals surface area (Å²) in [7, 11) is -4.22. The van der Waals surface area contributed by atoms with E-state index >= 15 is 0 Å². The summed E-state index contributed by atoms with van der Waals surface area (Å²) >= 11 is 5.62. The fourth-order valence-electron chi connectivity index (χ4n) is 4.25. The maximum absolute atomic E-state index is 13.2. The van der Waals surface area contributed by atoms with Gasteiger partial charge in [0.25, 0.3) is 5.91 Å². The molecule has 1 amide bonds. The average Bonchev–Trinajstić information content (AvgIpc) is 3.43. The van der Waals surface area contributed by atoms with Gasteiger partial charge in [-0.05, 0) is 61.5 Å². The maximum atomic E-state index is 13.2. The number of nitrogens with zero attached hydrogens (tertiary/aromatic N) is 4. The van der Waals surface area contributed by atoms with Crippen LogP contribution in [0.5, 0.6) is 0 Å². The van der Waals surface area contributed by atoms with Gasteiger partial charge in [-0.3, -0.25) is 4.79 Å². The van der Waals surface area contributed by atoms with Crippen LogP contribution in [-0.4, -0.2) is 59.9 Å². The number of carbonyl (C=O) groups excluding carboxylic acids is 1. The van der Waals surface area contributed by atoms with E-state index in [0.29, 0.717) is 29.0 Å². The molecule has 0 aliphatic carbocycles. The summed E-state index contributed by atoms with van der Waals surface area (Å²) in [5, 5.41) is 7.59. The lowest BCUT2D eigenvalue weighted by Gasteiger charge is -2.34. The number of carbonyl (C=O) groups is 1. The Bertz CT molecular complexity index is 1650. The number of halogens is 4. The van der Waals surface area contributed by atoms with Gasteiger partial charge in [-0.1, -0.05) is 29.3 Å². The highest BCUT2D eigenvalue weighted by molar-refractivity contribution is 7.89. The molecule has 5 rings (SSSR count). The van der Waals surface area contributed by atoms with E-state index in [1.54, 1.807) is 24.3 Å². The molecule has 1 aliphatic heterocycles. The number of amides is 1. The lowest BCUT2D eigenvalue weighted by Crippen LogP contribution is -2.50. The normalized spacial score (nSPS) is 14.9. The van der Waals surface area contributed by atoms with Crippen LogP contribution < -0.4 is 0 Å². The highest BCUT2D eigenvalue weighted by atomic mass is 35.5. The van der Waals surface area contributed by atoms with Crippen molar-refractivity contribution in [2.45, 2.75) is 18.0 Å². The van der Waals surface area contributed by atoms with Crippen molar-refractivity contribution in [1.82, 2.24) is 19.4 Å². The zero-order valence-electron chi connectivity index (χ0n) is 21.0. The number of hydrogen-bond donors (Lipinski definition) is 0. The Morgan fingerprint density at radius 1 is 0.875 bits per heavy atom. The van der Waals surface area contributed by atoms with Crippen molar-refractivity contribution in [3.63, 3.8) is 0 Å². The van der Waals surface area contributed by atoms with Gasteiger partial charge in [0.2, 0.25) is 21.8 Å². The van der Waals surface area contributed by atoms with Crippen molar-refractivity contribution in [2.75, 3.05) is 26.2 Å². The van der Waals surface area contributed by atoms with E-state index in [1.807, 2.05) is 31.2 Å². The van der Waals surface area contributed by atoms with Crippen LogP contribution in [0.15, 0.2) is 76.0 Å². The lowest BCUT2D eigenvalue weighted by atomic mass is 10.1. The second kappa shape index (κ2) is 10.7. The number of alkyl halides is 3. The molecule has 1 aromatic heterocycles. The number of aryl methyl sites for hydroxylation is 1. The van der Waals surface area contributed by atoms with Gasteiger partial charge in [-0.2, -0.15) is 17.5 Å². The Balaban J connectivity index is 1.24. The molecule has 0 atom stereocenters. The summed E-state index contributed by atoms with van der Waals surface area (Å²) in [6.45, 7) is 1.98. The third kappa shape index (κ3) is 5.60. The van der Waals surface area contributed by atoms with E-state index in [0.717, 1.165) is 27.6 Å². The molecule has 0 saturated carbocycles. The molecule has 1 saturated heterocycles. The molecular weight excluding hydrogens is 569 g/mol. The van der Waals surface area contributed by atoms with Crippen LogP contribution in [0.2, 0.25) is 5.02 Å². The van der Waals surface area contributed by atoms with Crippen molar-refractivity contribution >= 4 is 27.5 Å². The van der Waals surface area contributed by atoms with Crippen molar-refractivity contribution in [3.05, 3.63) is 88.4 Å². The third-order valence-electron chi connectivity index (χ3n) is 6.51. The quantitative estimate of drug-likeness (QED) is 0.303. The molecule has 40 heavy (non-hydrogen) atoms. The van der Waals surface area contributed by atoms with Gasteiger partial charge in [0, 0.05) is 42.9 Å². The van der Waals surface area contributed by atoms with Crippen LogP contribution in [-0.2, 0) is 16.2 Å². The number of benzene rings is 3. The van der Waals surface area contributed by atoms with E-state index in [9.17, 15) is 26.4 Å². The smallest absolute Gasteiger partial charge is 0.416 e. The second-order valence-corrected chi connectivity index (χ2v) is 11.5. The molecule has 0 unspecified atom stereocenters. The van der Waals surface area contributed by atoms with Crippen molar-refractivity contribution < 1.29 is 30.8 Å². The first-order valence-electron chi connectivity index (χ1n) is 12.1. The Kier molecular flexibility index (Phi) is 7.42. The minimum Gasteiger partial charge on any atom is -0.416 e. The van der Waals surface area contributed by atoms with Crippen LogP contribution in [0.25, 0.3) is 22.9 Å². The third-order valence-corrected chi connectivity index (χ3v) is 8.73. The van der Waals surface area contributed by atoms with Gasteiger partial charge in [-0.15, -0.1) is 10.2 Å². The van der Waals surface area contributed by atoms with E-state index in [1.165, 1.54) is 4.90 Å². The fraction of sp³-hybridized carbons (Fsp3) is 0.222. The summed E-state index contributed by atoms with van der Waals surface area (Å²) in [6, 6.07) is 16.7. The van der Waals surface area contributed by atoms with Gasteiger partial charge < -0.3 is 9.32 Å². The van der Waals surface area contributed by atoms with Crippen LogP contribution in [0.3, 0.4) is 0 Å². The summed E-state index contributed by atoms with van der Waals surface area (Å²) in [4.78, 5) is 14.0. The zero-order chi connectivity index (χ0) is 28.7. The van der Waals surface area contributed by atoms with Crippen LogP contribution >= 0.6 is 11.6 Å². The first-order chi connectivity index (χ1) is 18.9. The molecule has 4 aromatic rings. The maximum Gasteiger partial charge on any atom is 0.417 e. The number of rotatable bonds is 5. The van der Waals surface area contributed by atoms with Gasteiger partial charge in [-0.25, -0.2) is 8.42 Å². The molecule has 1 aliphatic rings. The molecule has 208 valence electrons. The highest BCUT2D eigenvalue weighted by Crippen LogP contribution is 2.36. The van der Waals surface area contributed by atoms with Gasteiger partial charge in [0.05, 0.1) is 15.5 Å².